The van der Waals surface area contributed by atoms with Crippen LogP contribution < -0.4 is 5.11 Å². The Balaban J connectivity index is 1.72. The van der Waals surface area contributed by atoms with Gasteiger partial charge in [0.1, 0.15) is 0 Å². The molecule has 3 aromatic rings. The monoisotopic (exact) mass is 442 g/mol. The number of ether oxygens (including phenoxy) is 2. The maximum Gasteiger partial charge on any atom is 0.253 e. The van der Waals surface area contributed by atoms with Crippen LogP contribution in [-0.2, 0) is 20.8 Å². The van der Waals surface area contributed by atoms with Crippen LogP contribution >= 0.6 is 0 Å². The molecule has 0 saturated carbocycles. The lowest BCUT2D eigenvalue weighted by Crippen LogP contribution is -2.31. The number of carbonyl (C=O) groups excluding carboxylic acids is 1. The van der Waals surface area contributed by atoms with Crippen LogP contribution in [0.5, 0.6) is 0 Å². The van der Waals surface area contributed by atoms with Gasteiger partial charge in [0.2, 0.25) is 5.69 Å². The van der Waals surface area contributed by atoms with Gasteiger partial charge in [-0.15, -0.1) is 0 Å². The van der Waals surface area contributed by atoms with E-state index in [1.165, 1.54) is 0 Å². The van der Waals surface area contributed by atoms with E-state index in [9.17, 15) is 9.90 Å². The predicted molar refractivity (Wildman–Crippen MR) is 126 cm³/mol. The molecular weight excluding hydrogens is 416 g/mol. The Kier molecular flexibility index (Phi) is 5.27. The highest BCUT2D eigenvalue weighted by molar-refractivity contribution is 6.46. The molecular formula is C27H26N2O4. The van der Waals surface area contributed by atoms with Gasteiger partial charge >= 0.3 is 0 Å². The Labute approximate surface area is 192 Å². The summed E-state index contributed by atoms with van der Waals surface area (Å²) in [4.78, 5) is 13.6. The Morgan fingerprint density at radius 3 is 2.39 bits per heavy atom. The highest BCUT2D eigenvalue weighted by atomic mass is 16.5. The van der Waals surface area contributed by atoms with Crippen LogP contribution in [0, 0.1) is 6.92 Å². The van der Waals surface area contributed by atoms with E-state index < -0.39 is 0 Å². The van der Waals surface area contributed by atoms with Gasteiger partial charge in [0.15, 0.2) is 11.5 Å². The van der Waals surface area contributed by atoms with Crippen LogP contribution in [0.25, 0.3) is 22.0 Å². The van der Waals surface area contributed by atoms with Crippen LogP contribution in [0.4, 0.5) is 5.69 Å². The van der Waals surface area contributed by atoms with E-state index in [2.05, 4.69) is 4.57 Å². The predicted octanol–water partition coefficient (Wildman–Crippen LogP) is 3.43. The molecule has 0 radical (unpaired) electrons. The smallest absolute Gasteiger partial charge is 0.253 e. The van der Waals surface area contributed by atoms with Crippen molar-refractivity contribution in [3.05, 3.63) is 76.7 Å². The lowest BCUT2D eigenvalue weighted by Gasteiger charge is -2.32. The zero-order chi connectivity index (χ0) is 23.3. The number of hydrogen-bond donors (Lipinski definition) is 0. The Morgan fingerprint density at radius 1 is 0.939 bits per heavy atom. The van der Waals surface area contributed by atoms with Crippen molar-refractivity contribution < 1.29 is 24.0 Å². The molecule has 0 atom stereocenters. The summed E-state index contributed by atoms with van der Waals surface area (Å²) in [5.74, 6) is -0.387. The third-order valence-electron chi connectivity index (χ3n) is 6.65. The molecule has 0 fully saturated rings. The normalized spacial score (nSPS) is 17.9. The summed E-state index contributed by atoms with van der Waals surface area (Å²) in [5.41, 5.74) is 6.58. The zero-order valence-electron chi connectivity index (χ0n) is 19.3. The maximum absolute atomic E-state index is 13.6. The van der Waals surface area contributed by atoms with Gasteiger partial charge < -0.3 is 19.1 Å². The van der Waals surface area contributed by atoms with E-state index in [1.807, 2.05) is 67.0 Å². The average Bonchev–Trinajstić information content (AvgIpc) is 3.25. The third kappa shape index (κ3) is 3.02. The maximum atomic E-state index is 13.6. The van der Waals surface area contributed by atoms with Gasteiger partial charge in [-0.2, -0.15) is 4.58 Å². The van der Waals surface area contributed by atoms with E-state index in [1.54, 1.807) is 14.2 Å². The lowest BCUT2D eigenvalue weighted by atomic mass is 9.78. The lowest BCUT2D eigenvalue weighted by molar-refractivity contribution is -0.485. The third-order valence-corrected chi connectivity index (χ3v) is 6.65. The van der Waals surface area contributed by atoms with Gasteiger partial charge in [0, 0.05) is 67.1 Å². The minimum Gasteiger partial charge on any atom is -0.871 e. The molecule has 1 aliphatic heterocycles. The number of para-hydroxylation sites is 2. The van der Waals surface area contributed by atoms with Crippen molar-refractivity contribution in [3.8, 4) is 0 Å². The van der Waals surface area contributed by atoms with E-state index in [-0.39, 0.29) is 22.7 Å². The number of Topliss-reactive ketones (excluding diaryl/α,β-unsaturated/α-hetero) is 1. The fourth-order valence-corrected chi connectivity index (χ4v) is 5.11. The molecule has 0 N–H and O–H groups in total. The van der Waals surface area contributed by atoms with Crippen LogP contribution in [0.1, 0.15) is 23.7 Å². The standard InChI is InChI=1S/C27H26N2O4/c1-16-22(18-9-5-7-11-20(18)28(16)13-14-32-3)24-26(30)25(27(24)31)23-17(2)29(15-33-4)21-12-8-6-10-19(21)23/h5-12H,13-15H2,1-4H3. The van der Waals surface area contributed by atoms with Gasteiger partial charge in [0.05, 0.1) is 17.7 Å². The van der Waals surface area contributed by atoms with Crippen LogP contribution in [-0.4, -0.2) is 48.2 Å². The van der Waals surface area contributed by atoms with Gasteiger partial charge in [-0.25, -0.2) is 0 Å². The van der Waals surface area contributed by atoms with Gasteiger partial charge in [-0.05, 0) is 19.1 Å². The average molecular weight is 443 g/mol. The van der Waals surface area contributed by atoms with Gasteiger partial charge in [0.25, 0.3) is 6.73 Å². The molecule has 6 nitrogen and oxygen atoms in total. The SMILES string of the molecule is COCCn1c(C)c(C2=C([O-])C(=C3C(C)=[N+](COC)c4ccccc43)C2=O)c2ccccc21. The highest BCUT2D eigenvalue weighted by Crippen LogP contribution is 2.46. The number of allylic oxidation sites excluding steroid dienone is 3. The summed E-state index contributed by atoms with van der Waals surface area (Å²) in [6.45, 7) is 5.45. The number of nitrogens with zero attached hydrogens (tertiary/aromatic N) is 2. The first-order valence-electron chi connectivity index (χ1n) is 11.0. The Bertz CT molecular complexity index is 1400. The second kappa shape index (κ2) is 8.14. The molecule has 1 aliphatic carbocycles. The number of aromatic nitrogens is 1. The highest BCUT2D eigenvalue weighted by Gasteiger charge is 2.41. The van der Waals surface area contributed by atoms with Crippen molar-refractivity contribution in [3.63, 3.8) is 0 Å². The van der Waals surface area contributed by atoms with Gasteiger partial charge in [-0.1, -0.05) is 36.1 Å². The first-order chi connectivity index (χ1) is 16.0. The van der Waals surface area contributed by atoms with Crippen LogP contribution in [0.2, 0.25) is 0 Å². The van der Waals surface area contributed by atoms with E-state index in [0.29, 0.717) is 25.5 Å². The Hall–Kier alpha value is -3.48. The molecule has 5 rings (SSSR count). The number of fused-ring (bicyclic) bond motifs is 2. The zero-order valence-corrected chi connectivity index (χ0v) is 19.3. The number of benzene rings is 2. The van der Waals surface area contributed by atoms with E-state index in [0.717, 1.165) is 39.1 Å². The van der Waals surface area contributed by atoms with Crippen molar-refractivity contribution in [2.24, 2.45) is 0 Å². The molecule has 0 bridgehead atoms. The molecule has 6 heteroatoms. The minimum absolute atomic E-state index is 0.193. The first kappa shape index (κ1) is 21.4. The van der Waals surface area contributed by atoms with Crippen LogP contribution in [0.15, 0.2) is 59.9 Å². The van der Waals surface area contributed by atoms with E-state index in [4.69, 9.17) is 9.47 Å². The quantitative estimate of drug-likeness (QED) is 0.433. The fraction of sp³-hybridized carbons (Fsp3) is 0.259. The summed E-state index contributed by atoms with van der Waals surface area (Å²) in [6.07, 6.45) is 0. The minimum atomic E-state index is -0.193. The van der Waals surface area contributed by atoms with E-state index >= 15 is 0 Å². The second-order valence-corrected chi connectivity index (χ2v) is 8.35. The molecule has 2 heterocycles. The first-order valence-corrected chi connectivity index (χ1v) is 11.0. The summed E-state index contributed by atoms with van der Waals surface area (Å²) in [7, 11) is 3.30. The van der Waals surface area contributed by atoms with Crippen molar-refractivity contribution in [2.75, 3.05) is 27.6 Å². The van der Waals surface area contributed by atoms with Crippen molar-refractivity contribution >= 4 is 39.2 Å². The molecule has 0 amide bonds. The number of carbonyl (C=O) groups is 1. The van der Waals surface area contributed by atoms with Crippen LogP contribution in [0.3, 0.4) is 0 Å². The van der Waals surface area contributed by atoms with Crippen molar-refractivity contribution in [1.82, 2.24) is 4.57 Å². The molecule has 1 aromatic heterocycles. The second-order valence-electron chi connectivity index (χ2n) is 8.35. The molecule has 0 unspecified atom stereocenters. The number of hydrogen-bond acceptors (Lipinski definition) is 4. The summed E-state index contributed by atoms with van der Waals surface area (Å²) >= 11 is 0. The number of methoxy groups -OCH3 is 2. The summed E-state index contributed by atoms with van der Waals surface area (Å²) in [5, 5.41) is 14.5. The fourth-order valence-electron chi connectivity index (χ4n) is 5.11. The topological polar surface area (TPSA) is 66.5 Å². The Morgan fingerprint density at radius 2 is 1.67 bits per heavy atom. The number of ketones is 1. The van der Waals surface area contributed by atoms with Crippen molar-refractivity contribution in [1.29, 1.82) is 0 Å². The van der Waals surface area contributed by atoms with Gasteiger partial charge in [-0.3, -0.25) is 4.79 Å². The largest absolute Gasteiger partial charge is 0.871 e. The number of rotatable bonds is 6. The summed E-state index contributed by atoms with van der Waals surface area (Å²) in [6, 6.07) is 15.7. The summed E-state index contributed by atoms with van der Waals surface area (Å²) < 4.78 is 14.8. The molecule has 2 aromatic carbocycles. The molecule has 0 saturated heterocycles. The molecule has 33 heavy (non-hydrogen) atoms. The molecule has 2 aliphatic rings. The van der Waals surface area contributed by atoms with Crippen molar-refractivity contribution in [2.45, 2.75) is 20.4 Å². The molecule has 0 spiro atoms. The molecule has 168 valence electrons.